The second-order valence-corrected chi connectivity index (χ2v) is 8.65. The number of likely N-dealkylation sites (tertiary alicyclic amines) is 1. The van der Waals surface area contributed by atoms with E-state index in [1.54, 1.807) is 0 Å². The van der Waals surface area contributed by atoms with E-state index in [4.69, 9.17) is 14.2 Å². The fraction of sp³-hybridized carbons (Fsp3) is 0.650. The molecule has 0 saturated carbocycles. The summed E-state index contributed by atoms with van der Waals surface area (Å²) < 4.78 is 11.1. The van der Waals surface area contributed by atoms with Gasteiger partial charge in [-0.25, -0.2) is 4.98 Å². The summed E-state index contributed by atoms with van der Waals surface area (Å²) in [6.45, 7) is 12.1. The monoisotopic (exact) mass is 371 g/mol. The second-order valence-electron chi connectivity index (χ2n) is 8.65. The van der Waals surface area contributed by atoms with Gasteiger partial charge in [0.1, 0.15) is 5.82 Å². The number of ether oxygens (including phenoxy) is 1. The lowest BCUT2D eigenvalue weighted by Gasteiger charge is -2.29. The van der Waals surface area contributed by atoms with E-state index in [1.165, 1.54) is 6.42 Å². The van der Waals surface area contributed by atoms with Crippen molar-refractivity contribution >= 4 is 5.82 Å². The van der Waals surface area contributed by atoms with Gasteiger partial charge in [0.2, 0.25) is 11.7 Å². The molecule has 146 valence electrons. The molecule has 2 aromatic heterocycles. The van der Waals surface area contributed by atoms with Crippen LogP contribution in [0.25, 0.3) is 11.4 Å². The van der Waals surface area contributed by atoms with Crippen LogP contribution in [0.4, 0.5) is 5.82 Å². The minimum Gasteiger partial charge on any atom is -0.378 e. The molecule has 0 radical (unpaired) electrons. The Labute approximate surface area is 160 Å². The molecule has 2 aliphatic rings. The first-order valence-corrected chi connectivity index (χ1v) is 9.86. The van der Waals surface area contributed by atoms with Crippen molar-refractivity contribution in [3.8, 4) is 11.4 Å². The summed E-state index contributed by atoms with van der Waals surface area (Å²) in [6, 6.07) is 4.22. The molecule has 4 rings (SSSR count). The van der Waals surface area contributed by atoms with Crippen LogP contribution in [0.3, 0.4) is 0 Å². The summed E-state index contributed by atoms with van der Waals surface area (Å²) in [6.07, 6.45) is 4.07. The summed E-state index contributed by atoms with van der Waals surface area (Å²) in [5.41, 5.74) is 1.20. The highest BCUT2D eigenvalue weighted by molar-refractivity contribution is 5.59. The molecule has 0 aromatic carbocycles. The topological polar surface area (TPSA) is 67.5 Å². The fourth-order valence-corrected chi connectivity index (χ4v) is 3.91. The predicted molar refractivity (Wildman–Crippen MR) is 104 cm³/mol. The average molecular weight is 371 g/mol. The van der Waals surface area contributed by atoms with Gasteiger partial charge in [0.25, 0.3) is 0 Å². The maximum Gasteiger partial charge on any atom is 0.244 e. The minimum absolute atomic E-state index is 0.228. The molecule has 7 heteroatoms. The lowest BCUT2D eigenvalue weighted by atomic mass is 9.96. The largest absolute Gasteiger partial charge is 0.378 e. The standard InChI is InChI=1S/C20H29N5O2/c1-20(2,3)14-25-8-4-5-16(25)19-22-18(23-27-19)15-6-7-21-17(13-15)24-9-11-26-12-10-24/h6-7,13,16H,4-5,8-12,14H2,1-3H3/t16-/m0/s1. The lowest BCUT2D eigenvalue weighted by molar-refractivity contribution is 0.122. The number of morpholine rings is 1. The van der Waals surface area contributed by atoms with E-state index in [9.17, 15) is 0 Å². The van der Waals surface area contributed by atoms with Crippen LogP contribution < -0.4 is 4.90 Å². The molecule has 2 aliphatic heterocycles. The van der Waals surface area contributed by atoms with Crippen LogP contribution in [0.2, 0.25) is 0 Å². The highest BCUT2D eigenvalue weighted by Gasteiger charge is 2.33. The van der Waals surface area contributed by atoms with Crippen molar-refractivity contribution in [2.75, 3.05) is 44.3 Å². The van der Waals surface area contributed by atoms with Gasteiger partial charge in [-0.1, -0.05) is 25.9 Å². The van der Waals surface area contributed by atoms with E-state index in [-0.39, 0.29) is 11.5 Å². The Morgan fingerprint density at radius 2 is 2.00 bits per heavy atom. The zero-order valence-electron chi connectivity index (χ0n) is 16.5. The Bertz CT molecular complexity index is 764. The maximum absolute atomic E-state index is 5.68. The fourth-order valence-electron chi connectivity index (χ4n) is 3.91. The van der Waals surface area contributed by atoms with Crippen molar-refractivity contribution in [2.45, 2.75) is 39.7 Å². The van der Waals surface area contributed by atoms with Gasteiger partial charge in [-0.05, 0) is 36.9 Å². The molecule has 27 heavy (non-hydrogen) atoms. The predicted octanol–water partition coefficient (Wildman–Crippen LogP) is 3.15. The Morgan fingerprint density at radius 3 is 2.78 bits per heavy atom. The maximum atomic E-state index is 5.68. The van der Waals surface area contributed by atoms with Gasteiger partial charge in [-0.15, -0.1) is 0 Å². The first kappa shape index (κ1) is 18.4. The third-order valence-corrected chi connectivity index (χ3v) is 5.11. The number of hydrogen-bond donors (Lipinski definition) is 0. The summed E-state index contributed by atoms with van der Waals surface area (Å²) in [4.78, 5) is 13.9. The van der Waals surface area contributed by atoms with Gasteiger partial charge < -0.3 is 14.2 Å². The third kappa shape index (κ3) is 4.30. The Hall–Kier alpha value is -1.99. The van der Waals surface area contributed by atoms with E-state index in [0.29, 0.717) is 5.82 Å². The molecule has 2 aromatic rings. The van der Waals surface area contributed by atoms with E-state index >= 15 is 0 Å². The van der Waals surface area contributed by atoms with Crippen molar-refractivity contribution in [3.05, 3.63) is 24.2 Å². The molecular weight excluding hydrogens is 342 g/mol. The number of rotatable bonds is 4. The van der Waals surface area contributed by atoms with Crippen molar-refractivity contribution in [1.82, 2.24) is 20.0 Å². The van der Waals surface area contributed by atoms with Crippen LogP contribution in [-0.2, 0) is 4.74 Å². The van der Waals surface area contributed by atoms with Crippen LogP contribution in [0.5, 0.6) is 0 Å². The minimum atomic E-state index is 0.228. The number of pyridine rings is 1. The number of hydrogen-bond acceptors (Lipinski definition) is 7. The van der Waals surface area contributed by atoms with Crippen LogP contribution in [0.1, 0.15) is 45.5 Å². The quantitative estimate of drug-likeness (QED) is 0.818. The Balaban J connectivity index is 1.52. The van der Waals surface area contributed by atoms with Crippen LogP contribution >= 0.6 is 0 Å². The van der Waals surface area contributed by atoms with E-state index in [2.05, 4.69) is 40.7 Å². The molecule has 0 aliphatic carbocycles. The molecule has 4 heterocycles. The molecular formula is C20H29N5O2. The van der Waals surface area contributed by atoms with Crippen molar-refractivity contribution in [2.24, 2.45) is 5.41 Å². The molecule has 2 fully saturated rings. The van der Waals surface area contributed by atoms with Crippen molar-refractivity contribution in [3.63, 3.8) is 0 Å². The molecule has 0 bridgehead atoms. The van der Waals surface area contributed by atoms with Crippen LogP contribution in [-0.4, -0.2) is 59.4 Å². The zero-order valence-corrected chi connectivity index (χ0v) is 16.5. The molecule has 0 N–H and O–H groups in total. The summed E-state index contributed by atoms with van der Waals surface area (Å²) in [7, 11) is 0. The van der Waals surface area contributed by atoms with Crippen LogP contribution in [0, 0.1) is 5.41 Å². The van der Waals surface area contributed by atoms with Crippen molar-refractivity contribution < 1.29 is 9.26 Å². The van der Waals surface area contributed by atoms with E-state index in [0.717, 1.165) is 63.1 Å². The highest BCUT2D eigenvalue weighted by Crippen LogP contribution is 2.34. The number of anilines is 1. The Kier molecular flexibility index (Phi) is 5.14. The van der Waals surface area contributed by atoms with Gasteiger partial charge in [0.05, 0.1) is 19.3 Å². The highest BCUT2D eigenvalue weighted by atomic mass is 16.5. The second kappa shape index (κ2) is 7.56. The smallest absolute Gasteiger partial charge is 0.244 e. The normalized spacial score (nSPS) is 21.7. The van der Waals surface area contributed by atoms with Gasteiger partial charge in [-0.2, -0.15) is 4.98 Å². The number of nitrogens with zero attached hydrogens (tertiary/aromatic N) is 5. The van der Waals surface area contributed by atoms with Gasteiger partial charge in [0, 0.05) is 31.4 Å². The molecule has 0 spiro atoms. The SMILES string of the molecule is CC(C)(C)CN1CCC[C@H]1c1nc(-c2ccnc(N3CCOCC3)c2)no1. The third-order valence-electron chi connectivity index (χ3n) is 5.11. The van der Waals surface area contributed by atoms with Crippen molar-refractivity contribution in [1.29, 1.82) is 0 Å². The molecule has 1 atom stereocenters. The van der Waals surface area contributed by atoms with Gasteiger partial charge in [0.15, 0.2) is 0 Å². The first-order valence-electron chi connectivity index (χ1n) is 9.86. The van der Waals surface area contributed by atoms with Gasteiger partial charge in [-0.3, -0.25) is 4.90 Å². The molecule has 7 nitrogen and oxygen atoms in total. The molecule has 2 saturated heterocycles. The van der Waals surface area contributed by atoms with E-state index in [1.807, 2.05) is 18.3 Å². The molecule has 0 amide bonds. The average Bonchev–Trinajstić information content (AvgIpc) is 3.30. The molecule has 0 unspecified atom stereocenters. The summed E-state index contributed by atoms with van der Waals surface area (Å²) >= 11 is 0. The summed E-state index contributed by atoms with van der Waals surface area (Å²) in [5.74, 6) is 2.32. The zero-order chi connectivity index (χ0) is 18.9. The summed E-state index contributed by atoms with van der Waals surface area (Å²) in [5, 5.41) is 4.26. The van der Waals surface area contributed by atoms with Gasteiger partial charge >= 0.3 is 0 Å². The first-order chi connectivity index (χ1) is 13.0. The number of aromatic nitrogens is 3. The van der Waals surface area contributed by atoms with Crippen LogP contribution in [0.15, 0.2) is 22.9 Å². The van der Waals surface area contributed by atoms with E-state index < -0.39 is 0 Å². The Morgan fingerprint density at radius 1 is 1.19 bits per heavy atom. The lowest BCUT2D eigenvalue weighted by Crippen LogP contribution is -2.36.